The van der Waals surface area contributed by atoms with E-state index in [0.29, 0.717) is 13.2 Å². The third-order valence-electron chi connectivity index (χ3n) is 2.24. The van der Waals surface area contributed by atoms with Gasteiger partial charge in [0.1, 0.15) is 0 Å². The van der Waals surface area contributed by atoms with Crippen molar-refractivity contribution in [1.82, 2.24) is 5.32 Å². The summed E-state index contributed by atoms with van der Waals surface area (Å²) in [4.78, 5) is 0. The molecule has 5 heteroatoms. The molecule has 0 aromatic heterocycles. The van der Waals surface area contributed by atoms with Gasteiger partial charge in [0.15, 0.2) is 0 Å². The van der Waals surface area contributed by atoms with Crippen LogP contribution in [0.3, 0.4) is 0 Å². The van der Waals surface area contributed by atoms with Crippen molar-refractivity contribution in [1.29, 1.82) is 0 Å². The predicted octanol–water partition coefficient (Wildman–Crippen LogP) is 0.781. The molecule has 80 valence electrons. The van der Waals surface area contributed by atoms with Crippen molar-refractivity contribution >= 4 is 28.5 Å². The molecule has 1 aromatic rings. The zero-order valence-electron chi connectivity index (χ0n) is 8.41. The Morgan fingerprint density at radius 1 is 1.07 bits per heavy atom. The van der Waals surface area contributed by atoms with E-state index in [-0.39, 0.29) is 7.12 Å². The highest BCUT2D eigenvalue weighted by Gasteiger charge is 2.21. The fourth-order valence-corrected chi connectivity index (χ4v) is 1.73. The van der Waals surface area contributed by atoms with Gasteiger partial charge in [-0.25, -0.2) is 0 Å². The van der Waals surface area contributed by atoms with Gasteiger partial charge in [-0.3, -0.25) is 0 Å². The van der Waals surface area contributed by atoms with E-state index < -0.39 is 0 Å². The molecule has 3 nitrogen and oxygen atoms in total. The fourth-order valence-electron chi connectivity index (χ4n) is 1.46. The van der Waals surface area contributed by atoms with Crippen LogP contribution in [0.1, 0.15) is 0 Å². The van der Waals surface area contributed by atoms with Gasteiger partial charge in [-0.05, 0) is 17.6 Å². The van der Waals surface area contributed by atoms with E-state index in [9.17, 15) is 0 Å². The van der Waals surface area contributed by atoms with E-state index in [1.807, 2.05) is 24.3 Å². The average molecular weight is 270 g/mol. The number of hydrogen-bond acceptors (Lipinski definition) is 3. The van der Waals surface area contributed by atoms with Gasteiger partial charge in [0, 0.05) is 30.8 Å². The molecule has 0 saturated carbocycles. The van der Waals surface area contributed by atoms with Crippen molar-refractivity contribution in [3.63, 3.8) is 0 Å². The van der Waals surface area contributed by atoms with E-state index in [2.05, 4.69) is 21.2 Å². The highest BCUT2D eigenvalue weighted by atomic mass is 79.9. The molecule has 0 spiro atoms. The quantitative estimate of drug-likeness (QED) is 0.765. The molecule has 0 bridgehead atoms. The SMILES string of the molecule is Brc1ccc(B2OCCNCCO2)cc1. The Hall–Kier alpha value is -0.355. The maximum Gasteiger partial charge on any atom is 0.493 e. The van der Waals surface area contributed by atoms with Crippen LogP contribution in [0.25, 0.3) is 0 Å². The average Bonchev–Trinajstić information content (AvgIpc) is 2.19. The van der Waals surface area contributed by atoms with Crippen LogP contribution in [0.4, 0.5) is 0 Å². The van der Waals surface area contributed by atoms with Crippen LogP contribution in [0.2, 0.25) is 0 Å². The van der Waals surface area contributed by atoms with Crippen LogP contribution in [0.5, 0.6) is 0 Å². The van der Waals surface area contributed by atoms with Crippen LogP contribution in [-0.4, -0.2) is 33.4 Å². The van der Waals surface area contributed by atoms with Crippen molar-refractivity contribution in [2.75, 3.05) is 26.3 Å². The molecule has 0 atom stereocenters. The predicted molar refractivity (Wildman–Crippen MR) is 64.3 cm³/mol. The van der Waals surface area contributed by atoms with Crippen molar-refractivity contribution in [3.8, 4) is 0 Å². The lowest BCUT2D eigenvalue weighted by Crippen LogP contribution is -2.42. The Morgan fingerprint density at radius 2 is 1.67 bits per heavy atom. The summed E-state index contributed by atoms with van der Waals surface area (Å²) in [6, 6.07) is 8.03. The first-order valence-electron chi connectivity index (χ1n) is 5.05. The monoisotopic (exact) mass is 269 g/mol. The lowest BCUT2D eigenvalue weighted by atomic mass is 9.79. The normalized spacial score (nSPS) is 18.3. The van der Waals surface area contributed by atoms with Crippen LogP contribution < -0.4 is 10.8 Å². The second-order valence-electron chi connectivity index (χ2n) is 3.38. The molecule has 0 radical (unpaired) electrons. The van der Waals surface area contributed by atoms with Crippen molar-refractivity contribution in [2.24, 2.45) is 0 Å². The summed E-state index contributed by atoms with van der Waals surface area (Å²) in [5, 5.41) is 3.21. The molecule has 0 amide bonds. The van der Waals surface area contributed by atoms with Crippen LogP contribution in [0.15, 0.2) is 28.7 Å². The van der Waals surface area contributed by atoms with Gasteiger partial charge in [0.05, 0.1) is 0 Å². The Kier molecular flexibility index (Phi) is 4.20. The van der Waals surface area contributed by atoms with Crippen molar-refractivity contribution < 1.29 is 9.31 Å². The summed E-state index contributed by atoms with van der Waals surface area (Å²) < 4.78 is 12.3. The molecule has 0 aliphatic carbocycles. The van der Waals surface area contributed by atoms with Crippen LogP contribution in [0, 0.1) is 0 Å². The molecule has 1 heterocycles. The van der Waals surface area contributed by atoms with E-state index in [0.717, 1.165) is 23.0 Å². The first kappa shape index (κ1) is 11.1. The molecule has 1 aromatic carbocycles. The molecular formula is C10H13BBrNO2. The largest absolute Gasteiger partial charge is 0.493 e. The second kappa shape index (κ2) is 5.65. The van der Waals surface area contributed by atoms with Crippen molar-refractivity contribution in [3.05, 3.63) is 28.7 Å². The number of halogens is 1. The Bertz CT molecular complexity index is 299. The maximum absolute atomic E-state index is 5.61. The van der Waals surface area contributed by atoms with Crippen LogP contribution >= 0.6 is 15.9 Å². The number of benzene rings is 1. The van der Waals surface area contributed by atoms with Crippen molar-refractivity contribution in [2.45, 2.75) is 0 Å². The molecule has 1 saturated heterocycles. The molecular weight excluding hydrogens is 257 g/mol. The van der Waals surface area contributed by atoms with Gasteiger partial charge in [0.25, 0.3) is 0 Å². The van der Waals surface area contributed by atoms with E-state index >= 15 is 0 Å². The molecule has 1 aliphatic rings. The van der Waals surface area contributed by atoms with Gasteiger partial charge < -0.3 is 14.6 Å². The highest BCUT2D eigenvalue weighted by molar-refractivity contribution is 9.10. The molecule has 1 fully saturated rings. The topological polar surface area (TPSA) is 30.5 Å². The highest BCUT2D eigenvalue weighted by Crippen LogP contribution is 2.06. The van der Waals surface area contributed by atoms with E-state index in [1.165, 1.54) is 0 Å². The Morgan fingerprint density at radius 3 is 2.27 bits per heavy atom. The molecule has 1 aliphatic heterocycles. The van der Waals surface area contributed by atoms with Gasteiger partial charge in [-0.1, -0.05) is 28.1 Å². The summed E-state index contributed by atoms with van der Waals surface area (Å²) in [6.45, 7) is 3.13. The Balaban J connectivity index is 2.03. The zero-order valence-corrected chi connectivity index (χ0v) is 10.00. The first-order valence-corrected chi connectivity index (χ1v) is 5.85. The third-order valence-corrected chi connectivity index (χ3v) is 2.77. The number of rotatable bonds is 1. The molecule has 0 unspecified atom stereocenters. The number of hydrogen-bond donors (Lipinski definition) is 1. The molecule has 15 heavy (non-hydrogen) atoms. The zero-order chi connectivity index (χ0) is 10.5. The van der Waals surface area contributed by atoms with E-state index in [1.54, 1.807) is 0 Å². The van der Waals surface area contributed by atoms with Gasteiger partial charge in [-0.2, -0.15) is 0 Å². The number of nitrogens with one attached hydrogen (secondary N) is 1. The third kappa shape index (κ3) is 3.31. The minimum absolute atomic E-state index is 0.222. The maximum atomic E-state index is 5.61. The fraction of sp³-hybridized carbons (Fsp3) is 0.400. The summed E-state index contributed by atoms with van der Waals surface area (Å²) in [6.07, 6.45) is 0. The second-order valence-corrected chi connectivity index (χ2v) is 4.29. The van der Waals surface area contributed by atoms with Crippen LogP contribution in [-0.2, 0) is 9.31 Å². The summed E-state index contributed by atoms with van der Waals surface area (Å²) in [5.74, 6) is 0. The Labute approximate surface area is 98.4 Å². The lowest BCUT2D eigenvalue weighted by Gasteiger charge is -2.18. The summed E-state index contributed by atoms with van der Waals surface area (Å²) in [7, 11) is -0.222. The smallest absolute Gasteiger partial charge is 0.406 e. The minimum atomic E-state index is -0.222. The lowest BCUT2D eigenvalue weighted by molar-refractivity contribution is 0.187. The van der Waals surface area contributed by atoms with Gasteiger partial charge in [0.2, 0.25) is 0 Å². The molecule has 2 rings (SSSR count). The first-order chi connectivity index (χ1) is 7.36. The standard InChI is InChI=1S/C10H13BBrNO2/c12-10-3-1-9(2-4-10)11-14-7-5-13-6-8-15-11/h1-4,13H,5-8H2. The van der Waals surface area contributed by atoms with Gasteiger partial charge in [-0.15, -0.1) is 0 Å². The molecule has 1 N–H and O–H groups in total. The minimum Gasteiger partial charge on any atom is -0.406 e. The van der Waals surface area contributed by atoms with E-state index in [4.69, 9.17) is 9.31 Å². The van der Waals surface area contributed by atoms with Gasteiger partial charge >= 0.3 is 7.12 Å². The summed E-state index contributed by atoms with van der Waals surface area (Å²) >= 11 is 3.41. The summed E-state index contributed by atoms with van der Waals surface area (Å²) in [5.41, 5.74) is 1.07.